The molecule has 4 aromatic rings. The molecule has 0 spiro atoms. The average Bonchev–Trinajstić information content (AvgIpc) is 3.25. The second-order valence-corrected chi connectivity index (χ2v) is 18.1. The quantitative estimate of drug-likeness (QED) is 0.329. The molecule has 3 heterocycles. The van der Waals surface area contributed by atoms with E-state index in [-0.39, 0.29) is 0 Å². The molecule has 0 atom stereocenters. The Bertz CT molecular complexity index is 1290. The Balaban J connectivity index is 1.66. The Morgan fingerprint density at radius 2 is 0.812 bits per heavy atom. The van der Waals surface area contributed by atoms with Gasteiger partial charge in [0.05, 0.1) is 0 Å². The number of nitrogens with zero attached hydrogens (tertiary/aromatic N) is 2. The van der Waals surface area contributed by atoms with Gasteiger partial charge in [-0.3, -0.25) is 0 Å². The molecule has 7 rings (SSSR count). The van der Waals surface area contributed by atoms with Crippen LogP contribution in [0.4, 0.5) is 11.4 Å². The zero-order valence-electron chi connectivity index (χ0n) is 18.0. The van der Waals surface area contributed by atoms with E-state index >= 15 is 0 Å². The van der Waals surface area contributed by atoms with Crippen LogP contribution in [0.3, 0.4) is 0 Å². The van der Waals surface area contributed by atoms with Gasteiger partial charge in [-0.2, -0.15) is 0 Å². The molecule has 32 heavy (non-hydrogen) atoms. The molecule has 0 amide bonds. The summed E-state index contributed by atoms with van der Waals surface area (Å²) < 4.78 is 19.5. The number of hydrogen-bond donors (Lipinski definition) is 0. The molecular weight excluding hydrogens is 434 g/mol. The van der Waals surface area contributed by atoms with Crippen molar-refractivity contribution in [3.8, 4) is 11.5 Å². The minimum atomic E-state index is -3.32. The van der Waals surface area contributed by atoms with E-state index in [0.29, 0.717) is 0 Å². The molecule has 0 aromatic heterocycles. The van der Waals surface area contributed by atoms with Crippen molar-refractivity contribution in [1.29, 1.82) is 0 Å². The van der Waals surface area contributed by atoms with Crippen LogP contribution in [0.25, 0.3) is 0 Å². The van der Waals surface area contributed by atoms with E-state index in [1.54, 1.807) is 0 Å². The van der Waals surface area contributed by atoms with Gasteiger partial charge < -0.3 is 0 Å². The summed E-state index contributed by atoms with van der Waals surface area (Å²) in [5.41, 5.74) is 2.23. The molecule has 0 unspecified atom stereocenters. The molecule has 3 aliphatic heterocycles. The van der Waals surface area contributed by atoms with E-state index in [1.165, 1.54) is 10.6 Å². The van der Waals surface area contributed by atoms with Gasteiger partial charge in [0.25, 0.3) is 0 Å². The Morgan fingerprint density at radius 1 is 0.469 bits per heavy atom. The monoisotopic (exact) mass is 458 g/mol. The third-order valence-corrected chi connectivity index (χ3v) is 21.0. The van der Waals surface area contributed by atoms with E-state index in [4.69, 9.17) is 9.05 Å². The first-order valence-electron chi connectivity index (χ1n) is 10.8. The van der Waals surface area contributed by atoms with Crippen molar-refractivity contribution < 1.29 is 9.05 Å². The van der Waals surface area contributed by atoms with Gasteiger partial charge in [-0.1, -0.05) is 0 Å². The van der Waals surface area contributed by atoms with Crippen molar-refractivity contribution in [3.05, 3.63) is 109 Å². The second-order valence-electron chi connectivity index (χ2n) is 9.07. The fraction of sp³-hybridized carbons (Fsp3) is 0.0769. The SMILES string of the molecule is CP12(c3ccccc3)Oc3ccccc3N1P1(C)(c3ccccc3)Oc3ccccc3N21. The van der Waals surface area contributed by atoms with Crippen molar-refractivity contribution in [3.63, 3.8) is 0 Å². The van der Waals surface area contributed by atoms with Gasteiger partial charge in [-0.15, -0.1) is 0 Å². The normalized spacial score (nSPS) is 23.8. The Labute approximate surface area is 188 Å². The maximum atomic E-state index is 7.18. The molecule has 1 fully saturated rings. The first kappa shape index (κ1) is 18.5. The van der Waals surface area contributed by atoms with Gasteiger partial charge in [0, 0.05) is 0 Å². The van der Waals surface area contributed by atoms with E-state index in [1.807, 2.05) is 0 Å². The summed E-state index contributed by atoms with van der Waals surface area (Å²) in [6.45, 7) is 4.65. The number of para-hydroxylation sites is 4. The Kier molecular flexibility index (Phi) is 3.16. The predicted molar refractivity (Wildman–Crippen MR) is 137 cm³/mol. The van der Waals surface area contributed by atoms with Crippen molar-refractivity contribution in [1.82, 2.24) is 0 Å². The summed E-state index contributed by atoms with van der Waals surface area (Å²) in [7, 11) is -6.64. The van der Waals surface area contributed by atoms with Crippen LogP contribution < -0.4 is 28.5 Å². The van der Waals surface area contributed by atoms with Gasteiger partial charge in [0.1, 0.15) is 0 Å². The van der Waals surface area contributed by atoms with E-state index in [2.05, 4.69) is 131 Å². The number of hydrogen-bond acceptors (Lipinski definition) is 4. The number of benzene rings is 4. The first-order chi connectivity index (χ1) is 15.5. The Hall–Kier alpha value is -3.06. The van der Waals surface area contributed by atoms with Crippen molar-refractivity contribution in [2.45, 2.75) is 0 Å². The van der Waals surface area contributed by atoms with Crippen LogP contribution in [0.2, 0.25) is 0 Å². The van der Waals surface area contributed by atoms with E-state index < -0.39 is 14.3 Å². The molecular formula is C26H24N2O2P2. The van der Waals surface area contributed by atoms with Crippen LogP contribution in [0, 0.1) is 0 Å². The third kappa shape index (κ3) is 1.71. The van der Waals surface area contributed by atoms with E-state index in [9.17, 15) is 0 Å². The summed E-state index contributed by atoms with van der Waals surface area (Å²) in [4.78, 5) is 0. The van der Waals surface area contributed by atoms with E-state index in [0.717, 1.165) is 22.9 Å². The van der Waals surface area contributed by atoms with Crippen LogP contribution in [-0.4, -0.2) is 13.3 Å². The molecule has 0 aliphatic carbocycles. The van der Waals surface area contributed by atoms with Crippen molar-refractivity contribution in [2.24, 2.45) is 0 Å². The minimum absolute atomic E-state index is 0.925. The summed E-state index contributed by atoms with van der Waals surface area (Å²) >= 11 is 0. The first-order valence-corrected chi connectivity index (χ1v) is 15.9. The maximum absolute atomic E-state index is 7.18. The zero-order chi connectivity index (χ0) is 21.7. The van der Waals surface area contributed by atoms with Gasteiger partial charge >= 0.3 is 188 Å². The fourth-order valence-electron chi connectivity index (χ4n) is 6.25. The number of rotatable bonds is 2. The average molecular weight is 458 g/mol. The van der Waals surface area contributed by atoms with Crippen LogP contribution in [0.5, 0.6) is 11.5 Å². The summed E-state index contributed by atoms with van der Waals surface area (Å²) in [5.74, 6) is 1.85. The molecule has 4 nitrogen and oxygen atoms in total. The van der Waals surface area contributed by atoms with Crippen molar-refractivity contribution in [2.75, 3.05) is 22.2 Å². The molecule has 6 heteroatoms. The van der Waals surface area contributed by atoms with Crippen molar-refractivity contribution >= 4 is 36.2 Å². The molecule has 0 saturated carbocycles. The predicted octanol–water partition coefficient (Wildman–Crippen LogP) is 6.31. The van der Waals surface area contributed by atoms with Gasteiger partial charge in [-0.05, 0) is 0 Å². The van der Waals surface area contributed by atoms with Gasteiger partial charge in [0.15, 0.2) is 0 Å². The van der Waals surface area contributed by atoms with Crippen LogP contribution in [0.15, 0.2) is 109 Å². The second kappa shape index (κ2) is 5.46. The zero-order valence-corrected chi connectivity index (χ0v) is 19.8. The molecule has 160 valence electrons. The summed E-state index contributed by atoms with van der Waals surface area (Å²) in [6, 6.07) is 38.3. The Morgan fingerprint density at radius 3 is 1.22 bits per heavy atom. The molecule has 3 aliphatic rings. The summed E-state index contributed by atoms with van der Waals surface area (Å²) in [5, 5.41) is 2.40. The third-order valence-electron chi connectivity index (χ3n) is 7.28. The van der Waals surface area contributed by atoms with Crippen LogP contribution in [0.1, 0.15) is 0 Å². The molecule has 0 bridgehead atoms. The molecule has 1 saturated heterocycles. The standard InChI is InChI=1S/C26H24N2O2P2/c1-31(21-13-5-3-6-14-21)27(23-17-9-11-19-25(23)29-31)32(2,22-15-7-4-8-16-22)28(31)24-18-10-12-20-26(24)30-32/h3-20H,1-2H3. The molecule has 4 aromatic carbocycles. The molecule has 0 N–H and O–H groups in total. The molecule has 0 radical (unpaired) electrons. The van der Waals surface area contributed by atoms with Gasteiger partial charge in [0.2, 0.25) is 0 Å². The van der Waals surface area contributed by atoms with Crippen LogP contribution >= 0.6 is 14.3 Å². The fourth-order valence-corrected chi connectivity index (χ4v) is 23.7. The van der Waals surface area contributed by atoms with Crippen LogP contribution in [-0.2, 0) is 0 Å². The van der Waals surface area contributed by atoms with Gasteiger partial charge in [-0.25, -0.2) is 0 Å². The number of anilines is 2. The summed E-state index contributed by atoms with van der Waals surface area (Å²) in [6.07, 6.45) is 0. The topological polar surface area (TPSA) is 24.9 Å². The number of fused-ring (bicyclic) bond motifs is 8.